The van der Waals surface area contributed by atoms with Crippen LogP contribution < -0.4 is 10.9 Å². The Labute approximate surface area is 167 Å². The van der Waals surface area contributed by atoms with E-state index >= 15 is 0 Å². The van der Waals surface area contributed by atoms with Gasteiger partial charge in [-0.05, 0) is 27.8 Å². The van der Waals surface area contributed by atoms with Gasteiger partial charge in [0.1, 0.15) is 4.21 Å². The number of fused-ring (bicyclic) bond motifs is 1. The Hall–Kier alpha value is -2.75. The molecule has 1 heterocycles. The number of nitrogens with zero attached hydrogens (tertiary/aromatic N) is 1. The van der Waals surface area contributed by atoms with Crippen LogP contribution in [0.3, 0.4) is 0 Å². The van der Waals surface area contributed by atoms with Crippen molar-refractivity contribution in [1.29, 1.82) is 0 Å². The van der Waals surface area contributed by atoms with E-state index in [0.29, 0.717) is 0 Å². The minimum atomic E-state index is -3.72. The summed E-state index contributed by atoms with van der Waals surface area (Å²) in [6.07, 6.45) is 0.0883. The van der Waals surface area contributed by atoms with Crippen molar-refractivity contribution in [3.63, 3.8) is 0 Å². The highest BCUT2D eigenvalue weighted by Gasteiger charge is 2.23. The lowest BCUT2D eigenvalue weighted by atomic mass is 10.0. The zero-order valence-corrected chi connectivity index (χ0v) is 16.7. The van der Waals surface area contributed by atoms with Crippen molar-refractivity contribution in [1.82, 2.24) is 15.2 Å². The van der Waals surface area contributed by atoms with Gasteiger partial charge in [0, 0.05) is 7.05 Å². The number of carbonyl (C=O) groups excluding carboxylic acids is 2. The summed E-state index contributed by atoms with van der Waals surface area (Å²) in [4.78, 5) is 24.2. The predicted molar refractivity (Wildman–Crippen MR) is 108 cm³/mol. The molecule has 2 amide bonds. The van der Waals surface area contributed by atoms with Gasteiger partial charge >= 0.3 is 0 Å². The fraction of sp³-hybridized carbons (Fsp3) is 0.158. The zero-order chi connectivity index (χ0) is 20.1. The van der Waals surface area contributed by atoms with Gasteiger partial charge in [-0.15, -0.1) is 11.3 Å². The first-order chi connectivity index (χ1) is 13.4. The van der Waals surface area contributed by atoms with E-state index in [2.05, 4.69) is 10.9 Å². The number of sulfonamides is 1. The van der Waals surface area contributed by atoms with Crippen LogP contribution in [0.25, 0.3) is 10.8 Å². The van der Waals surface area contributed by atoms with Crippen LogP contribution in [0.2, 0.25) is 0 Å². The second-order valence-corrected chi connectivity index (χ2v) is 9.32. The van der Waals surface area contributed by atoms with E-state index in [9.17, 15) is 18.0 Å². The minimum absolute atomic E-state index is 0.0883. The number of benzene rings is 2. The molecule has 0 aliphatic heterocycles. The van der Waals surface area contributed by atoms with Crippen molar-refractivity contribution in [2.24, 2.45) is 0 Å². The normalized spacial score (nSPS) is 11.5. The molecule has 0 unspecified atom stereocenters. The SMILES string of the molecule is CN(CC(=O)NNC(=O)Cc1cccc2ccccc12)S(=O)(=O)c1cccs1. The Morgan fingerprint density at radius 2 is 1.68 bits per heavy atom. The number of likely N-dealkylation sites (N-methyl/N-ethyl adjacent to an activating group) is 1. The molecule has 0 aliphatic rings. The van der Waals surface area contributed by atoms with Crippen molar-refractivity contribution in [3.8, 4) is 0 Å². The van der Waals surface area contributed by atoms with Gasteiger partial charge in [0.15, 0.2) is 0 Å². The third-order valence-electron chi connectivity index (χ3n) is 4.10. The molecule has 0 bridgehead atoms. The van der Waals surface area contributed by atoms with E-state index in [0.717, 1.165) is 32.0 Å². The van der Waals surface area contributed by atoms with Gasteiger partial charge in [0.05, 0.1) is 13.0 Å². The zero-order valence-electron chi connectivity index (χ0n) is 15.1. The van der Waals surface area contributed by atoms with Crippen molar-refractivity contribution < 1.29 is 18.0 Å². The van der Waals surface area contributed by atoms with Gasteiger partial charge < -0.3 is 0 Å². The first-order valence-corrected chi connectivity index (χ1v) is 10.7. The van der Waals surface area contributed by atoms with E-state index in [1.165, 1.54) is 13.1 Å². The molecule has 0 spiro atoms. The monoisotopic (exact) mass is 417 g/mol. The molecule has 0 saturated carbocycles. The molecule has 146 valence electrons. The number of carbonyl (C=O) groups is 2. The quantitative estimate of drug-likeness (QED) is 0.599. The van der Waals surface area contributed by atoms with E-state index in [1.807, 2.05) is 42.5 Å². The molecule has 3 rings (SSSR count). The topological polar surface area (TPSA) is 95.6 Å². The molecule has 3 aromatic rings. The molecule has 1 aromatic heterocycles. The fourth-order valence-corrected chi connectivity index (χ4v) is 5.02. The van der Waals surface area contributed by atoms with Crippen LogP contribution in [-0.4, -0.2) is 38.1 Å². The molecule has 28 heavy (non-hydrogen) atoms. The van der Waals surface area contributed by atoms with Gasteiger partial charge in [0.25, 0.3) is 15.9 Å². The van der Waals surface area contributed by atoms with Gasteiger partial charge in [-0.1, -0.05) is 48.5 Å². The smallest absolute Gasteiger partial charge is 0.253 e. The summed E-state index contributed by atoms with van der Waals surface area (Å²) in [5.74, 6) is -1.03. The van der Waals surface area contributed by atoms with Gasteiger partial charge in [-0.2, -0.15) is 4.31 Å². The summed E-state index contributed by atoms with van der Waals surface area (Å²) in [5, 5.41) is 3.64. The molecule has 2 N–H and O–H groups in total. The van der Waals surface area contributed by atoms with Crippen LogP contribution in [-0.2, 0) is 26.0 Å². The van der Waals surface area contributed by atoms with Gasteiger partial charge in [-0.25, -0.2) is 8.42 Å². The number of amides is 2. The van der Waals surface area contributed by atoms with Crippen LogP contribution in [0, 0.1) is 0 Å². The maximum Gasteiger partial charge on any atom is 0.253 e. The van der Waals surface area contributed by atoms with E-state index in [4.69, 9.17) is 0 Å². The highest BCUT2D eigenvalue weighted by atomic mass is 32.2. The molecule has 7 nitrogen and oxygen atoms in total. The van der Waals surface area contributed by atoms with Crippen LogP contribution in [0.15, 0.2) is 64.2 Å². The minimum Gasteiger partial charge on any atom is -0.273 e. The number of hydrogen-bond donors (Lipinski definition) is 2. The molecule has 0 aliphatic carbocycles. The number of nitrogens with one attached hydrogen (secondary N) is 2. The predicted octanol–water partition coefficient (Wildman–Crippen LogP) is 1.91. The van der Waals surface area contributed by atoms with Crippen LogP contribution >= 0.6 is 11.3 Å². The lowest BCUT2D eigenvalue weighted by Gasteiger charge is -2.16. The lowest BCUT2D eigenvalue weighted by Crippen LogP contribution is -2.47. The van der Waals surface area contributed by atoms with Crippen molar-refractivity contribution in [2.75, 3.05) is 13.6 Å². The molecule has 0 saturated heterocycles. The van der Waals surface area contributed by atoms with E-state index in [1.54, 1.807) is 11.4 Å². The second kappa shape index (κ2) is 8.51. The average Bonchev–Trinajstić information content (AvgIpc) is 3.22. The molecule has 0 atom stereocenters. The summed E-state index contributed by atoms with van der Waals surface area (Å²) in [6.45, 7) is -0.408. The number of thiophene rings is 1. The first-order valence-electron chi connectivity index (χ1n) is 8.42. The Kier molecular flexibility index (Phi) is 6.08. The van der Waals surface area contributed by atoms with Crippen LogP contribution in [0.4, 0.5) is 0 Å². The van der Waals surface area contributed by atoms with Crippen LogP contribution in [0.1, 0.15) is 5.56 Å². The molecule has 0 fully saturated rings. The Bertz CT molecular complexity index is 1090. The molecule has 0 radical (unpaired) electrons. The van der Waals surface area contributed by atoms with Crippen LogP contribution in [0.5, 0.6) is 0 Å². The molecule has 9 heteroatoms. The first kappa shape index (κ1) is 20.0. The van der Waals surface area contributed by atoms with Gasteiger partial charge in [-0.3, -0.25) is 20.4 Å². The third-order valence-corrected chi connectivity index (χ3v) is 7.27. The standard InChI is InChI=1S/C19H19N3O4S2/c1-22(28(25,26)19-10-5-11-27-19)13-18(24)21-20-17(23)12-15-8-4-7-14-6-2-3-9-16(14)15/h2-11H,12-13H2,1H3,(H,20,23)(H,21,24). The summed E-state index contributed by atoms with van der Waals surface area (Å²) in [7, 11) is -2.41. The van der Waals surface area contributed by atoms with Crippen molar-refractivity contribution >= 4 is 43.9 Å². The Morgan fingerprint density at radius 3 is 2.43 bits per heavy atom. The second-order valence-electron chi connectivity index (χ2n) is 6.10. The Balaban J connectivity index is 1.55. The largest absolute Gasteiger partial charge is 0.273 e. The van der Waals surface area contributed by atoms with E-state index < -0.39 is 28.4 Å². The van der Waals surface area contributed by atoms with E-state index in [-0.39, 0.29) is 10.6 Å². The average molecular weight is 418 g/mol. The third kappa shape index (κ3) is 4.56. The van der Waals surface area contributed by atoms with Gasteiger partial charge in [0.2, 0.25) is 5.91 Å². The molecular formula is C19H19N3O4S2. The maximum atomic E-state index is 12.3. The molecular weight excluding hydrogens is 398 g/mol. The van der Waals surface area contributed by atoms with Crippen molar-refractivity contribution in [2.45, 2.75) is 10.6 Å². The highest BCUT2D eigenvalue weighted by molar-refractivity contribution is 7.91. The highest BCUT2D eigenvalue weighted by Crippen LogP contribution is 2.20. The maximum absolute atomic E-state index is 12.3. The summed E-state index contributed by atoms with van der Waals surface area (Å²) in [5.41, 5.74) is 5.42. The summed E-state index contributed by atoms with van der Waals surface area (Å²) in [6, 6.07) is 16.5. The number of hydrogen-bond acceptors (Lipinski definition) is 5. The molecule has 2 aromatic carbocycles. The fourth-order valence-electron chi connectivity index (χ4n) is 2.69. The summed E-state index contributed by atoms with van der Waals surface area (Å²) < 4.78 is 25.7. The number of hydrazine groups is 1. The number of rotatable bonds is 6. The Morgan fingerprint density at radius 1 is 0.964 bits per heavy atom. The van der Waals surface area contributed by atoms with Crippen molar-refractivity contribution in [3.05, 3.63) is 65.5 Å². The summed E-state index contributed by atoms with van der Waals surface area (Å²) >= 11 is 1.07. The lowest BCUT2D eigenvalue weighted by molar-refractivity contribution is -0.128.